The summed E-state index contributed by atoms with van der Waals surface area (Å²) in [5.74, 6) is -3.42. The SMILES string of the molecule is O=C(c1ccc(F)cc1)[C@@H]1[C@@H]2C(=O)N(c3ccc(Cl)cc3)C(=O)[C@@H]2[C@H]2c3ccccc3C=NN12. The van der Waals surface area contributed by atoms with E-state index in [1.54, 1.807) is 35.5 Å². The first-order chi connectivity index (χ1) is 16.5. The first-order valence-corrected chi connectivity index (χ1v) is 11.2. The van der Waals surface area contributed by atoms with Crippen LogP contribution in [0.25, 0.3) is 0 Å². The zero-order chi connectivity index (χ0) is 23.6. The van der Waals surface area contributed by atoms with E-state index >= 15 is 0 Å². The van der Waals surface area contributed by atoms with E-state index < -0.39 is 35.6 Å². The number of halogens is 2. The van der Waals surface area contributed by atoms with Gasteiger partial charge in [0.2, 0.25) is 11.8 Å². The maximum atomic E-state index is 13.7. The standard InChI is InChI=1S/C26H17ClFN3O3/c27-16-7-11-18(12-8-16)30-25(33)20-21(26(30)34)23(24(32)14-5-9-17(28)10-6-14)31-22(20)19-4-2-1-3-15(19)13-29-31/h1-13,20-23H/t20-,21+,22+,23-/m0/s1. The molecule has 0 radical (unpaired) electrons. The largest absolute Gasteiger partial charge is 0.292 e. The zero-order valence-electron chi connectivity index (χ0n) is 17.6. The monoisotopic (exact) mass is 473 g/mol. The van der Waals surface area contributed by atoms with Gasteiger partial charge in [0.05, 0.1) is 29.8 Å². The van der Waals surface area contributed by atoms with Crippen molar-refractivity contribution in [1.29, 1.82) is 0 Å². The Morgan fingerprint density at radius 3 is 2.29 bits per heavy atom. The second-order valence-electron chi connectivity index (χ2n) is 8.55. The highest BCUT2D eigenvalue weighted by Crippen LogP contribution is 2.53. The Labute approximate surface area is 199 Å². The van der Waals surface area contributed by atoms with Crippen molar-refractivity contribution in [2.75, 3.05) is 4.90 Å². The van der Waals surface area contributed by atoms with Gasteiger partial charge in [0, 0.05) is 10.6 Å². The molecule has 3 aromatic carbocycles. The molecule has 3 aliphatic heterocycles. The number of fused-ring (bicyclic) bond motifs is 5. The van der Waals surface area contributed by atoms with E-state index in [1.165, 1.54) is 24.3 Å². The van der Waals surface area contributed by atoms with Crippen molar-refractivity contribution >= 4 is 41.1 Å². The molecule has 6 nitrogen and oxygen atoms in total. The van der Waals surface area contributed by atoms with E-state index in [2.05, 4.69) is 5.10 Å². The normalized spacial score (nSPS) is 24.8. The van der Waals surface area contributed by atoms with Crippen LogP contribution in [0.5, 0.6) is 0 Å². The van der Waals surface area contributed by atoms with Crippen molar-refractivity contribution in [3.05, 3.63) is 100 Å². The summed E-state index contributed by atoms with van der Waals surface area (Å²) in [5, 5.41) is 6.57. The third-order valence-electron chi connectivity index (χ3n) is 6.78. The van der Waals surface area contributed by atoms with Gasteiger partial charge in [0.1, 0.15) is 11.9 Å². The molecule has 0 aliphatic carbocycles. The van der Waals surface area contributed by atoms with Gasteiger partial charge in [-0.1, -0.05) is 35.9 Å². The third kappa shape index (κ3) is 2.93. The maximum absolute atomic E-state index is 13.7. The summed E-state index contributed by atoms with van der Waals surface area (Å²) in [6.45, 7) is 0. The highest BCUT2D eigenvalue weighted by molar-refractivity contribution is 6.31. The number of benzene rings is 3. The Bertz CT molecular complexity index is 1370. The number of hydrazone groups is 1. The fraction of sp³-hybridized carbons (Fsp3) is 0.154. The van der Waals surface area contributed by atoms with Gasteiger partial charge in [-0.2, -0.15) is 5.10 Å². The van der Waals surface area contributed by atoms with Gasteiger partial charge in [-0.25, -0.2) is 9.29 Å². The molecule has 3 aromatic rings. The molecule has 0 saturated carbocycles. The average molecular weight is 474 g/mol. The number of hydrogen-bond acceptors (Lipinski definition) is 5. The molecular weight excluding hydrogens is 457 g/mol. The molecule has 3 aliphatic rings. The van der Waals surface area contributed by atoms with Crippen molar-refractivity contribution < 1.29 is 18.8 Å². The predicted octanol–water partition coefficient (Wildman–Crippen LogP) is 4.24. The van der Waals surface area contributed by atoms with Crippen molar-refractivity contribution in [2.24, 2.45) is 16.9 Å². The molecule has 0 bridgehead atoms. The number of carbonyl (C=O) groups excluding carboxylic acids is 3. The van der Waals surface area contributed by atoms with Gasteiger partial charge in [-0.15, -0.1) is 0 Å². The summed E-state index contributed by atoms with van der Waals surface area (Å²) < 4.78 is 13.5. The number of Topliss-reactive ketones (excluding diaryl/α,β-unsaturated/α-hetero) is 1. The van der Waals surface area contributed by atoms with Crippen molar-refractivity contribution in [1.82, 2.24) is 5.01 Å². The second-order valence-corrected chi connectivity index (χ2v) is 8.99. The number of anilines is 1. The fourth-order valence-corrected chi connectivity index (χ4v) is 5.42. The summed E-state index contributed by atoms with van der Waals surface area (Å²) in [6.07, 6.45) is 1.64. The van der Waals surface area contributed by atoms with Gasteiger partial charge in [-0.3, -0.25) is 19.4 Å². The summed E-state index contributed by atoms with van der Waals surface area (Å²) >= 11 is 6.00. The Morgan fingerprint density at radius 1 is 0.882 bits per heavy atom. The van der Waals surface area contributed by atoms with E-state index in [1.807, 2.05) is 24.3 Å². The minimum atomic E-state index is -1.00. The molecule has 0 spiro atoms. The van der Waals surface area contributed by atoms with Crippen LogP contribution in [-0.2, 0) is 9.59 Å². The lowest BCUT2D eigenvalue weighted by molar-refractivity contribution is -0.124. The molecular formula is C26H17ClFN3O3. The number of hydrogen-bond donors (Lipinski definition) is 0. The molecule has 0 N–H and O–H groups in total. The highest BCUT2D eigenvalue weighted by Gasteiger charge is 2.65. The second kappa shape index (κ2) is 7.60. The average Bonchev–Trinajstić information content (AvgIpc) is 3.32. The molecule has 8 heteroatoms. The molecule has 4 atom stereocenters. The lowest BCUT2D eigenvalue weighted by atomic mass is 9.83. The number of rotatable bonds is 3. The lowest BCUT2D eigenvalue weighted by Gasteiger charge is -2.33. The molecule has 2 fully saturated rings. The minimum absolute atomic E-state index is 0.255. The van der Waals surface area contributed by atoms with Crippen molar-refractivity contribution in [2.45, 2.75) is 12.1 Å². The van der Waals surface area contributed by atoms with Crippen LogP contribution in [-0.4, -0.2) is 34.9 Å². The van der Waals surface area contributed by atoms with E-state index in [4.69, 9.17) is 11.6 Å². The summed E-state index contributed by atoms with van der Waals surface area (Å²) in [6, 6.07) is 17.6. The molecule has 6 rings (SSSR count). The number of carbonyl (C=O) groups is 3. The minimum Gasteiger partial charge on any atom is -0.292 e. The van der Waals surface area contributed by atoms with Gasteiger partial charge in [0.15, 0.2) is 5.78 Å². The summed E-state index contributed by atoms with van der Waals surface area (Å²) in [7, 11) is 0. The van der Waals surface area contributed by atoms with Crippen LogP contribution in [0.3, 0.4) is 0 Å². The Morgan fingerprint density at radius 2 is 1.56 bits per heavy atom. The van der Waals surface area contributed by atoms with Gasteiger partial charge >= 0.3 is 0 Å². The first-order valence-electron chi connectivity index (χ1n) is 10.8. The molecule has 168 valence electrons. The zero-order valence-corrected chi connectivity index (χ0v) is 18.4. The Kier molecular flexibility index (Phi) is 4.64. The van der Waals surface area contributed by atoms with E-state index in [0.717, 1.165) is 16.0 Å². The molecule has 0 unspecified atom stereocenters. The smallest absolute Gasteiger partial charge is 0.240 e. The van der Waals surface area contributed by atoms with E-state index in [-0.39, 0.29) is 17.3 Å². The van der Waals surface area contributed by atoms with Crippen LogP contribution in [0.1, 0.15) is 27.5 Å². The number of ketones is 1. The van der Waals surface area contributed by atoms with Crippen LogP contribution in [0.15, 0.2) is 77.9 Å². The van der Waals surface area contributed by atoms with Crippen LogP contribution in [0.4, 0.5) is 10.1 Å². The predicted molar refractivity (Wildman–Crippen MR) is 124 cm³/mol. The van der Waals surface area contributed by atoms with E-state index in [0.29, 0.717) is 10.7 Å². The van der Waals surface area contributed by atoms with Gasteiger partial charge < -0.3 is 0 Å². The van der Waals surface area contributed by atoms with E-state index in [9.17, 15) is 18.8 Å². The fourth-order valence-electron chi connectivity index (χ4n) is 5.30. The molecule has 2 saturated heterocycles. The third-order valence-corrected chi connectivity index (χ3v) is 7.03. The first kappa shape index (κ1) is 20.7. The van der Waals surface area contributed by atoms with Crippen LogP contribution in [0.2, 0.25) is 5.02 Å². The Balaban J connectivity index is 1.49. The number of amides is 2. The Hall–Kier alpha value is -3.84. The topological polar surface area (TPSA) is 70.0 Å². The number of imide groups is 1. The number of nitrogens with zero attached hydrogens (tertiary/aromatic N) is 3. The van der Waals surface area contributed by atoms with Crippen LogP contribution < -0.4 is 4.90 Å². The van der Waals surface area contributed by atoms with Crippen molar-refractivity contribution in [3.8, 4) is 0 Å². The molecule has 0 aromatic heterocycles. The van der Waals surface area contributed by atoms with Gasteiger partial charge in [-0.05, 0) is 59.7 Å². The highest BCUT2D eigenvalue weighted by atomic mass is 35.5. The summed E-state index contributed by atoms with van der Waals surface area (Å²) in [5.41, 5.74) is 2.33. The maximum Gasteiger partial charge on any atom is 0.240 e. The van der Waals surface area contributed by atoms with Gasteiger partial charge in [0.25, 0.3) is 0 Å². The molecule has 34 heavy (non-hydrogen) atoms. The van der Waals surface area contributed by atoms with Crippen LogP contribution in [0, 0.1) is 17.7 Å². The lowest BCUT2D eigenvalue weighted by Crippen LogP contribution is -2.44. The quantitative estimate of drug-likeness (QED) is 0.421. The molecule has 3 heterocycles. The molecule has 2 amide bonds. The summed E-state index contributed by atoms with van der Waals surface area (Å²) in [4.78, 5) is 42.3. The van der Waals surface area contributed by atoms with Crippen LogP contribution >= 0.6 is 11.6 Å². The van der Waals surface area contributed by atoms with Crippen molar-refractivity contribution in [3.63, 3.8) is 0 Å².